The molecule has 0 aliphatic heterocycles. The van der Waals surface area contributed by atoms with E-state index in [1.54, 1.807) is 6.07 Å². The van der Waals surface area contributed by atoms with Gasteiger partial charge in [-0.25, -0.2) is 8.42 Å². The number of rotatable bonds is 2. The van der Waals surface area contributed by atoms with E-state index in [0.717, 1.165) is 11.1 Å². The summed E-state index contributed by atoms with van der Waals surface area (Å²) in [5, 5.41) is 0. The van der Waals surface area contributed by atoms with Crippen LogP contribution < -0.4 is 0 Å². The molecule has 0 aliphatic rings. The SMILES string of the molecule is CC(C)(C)c1cccc(CS(=O)(=O)Cl)c1. The van der Waals surface area contributed by atoms with E-state index in [2.05, 4.69) is 20.8 Å². The fourth-order valence-corrected chi connectivity index (χ4v) is 2.28. The molecule has 0 spiro atoms. The lowest BCUT2D eigenvalue weighted by Gasteiger charge is -2.19. The topological polar surface area (TPSA) is 34.1 Å². The molecule has 1 aromatic rings. The molecule has 1 rings (SSSR count). The van der Waals surface area contributed by atoms with Crippen LogP contribution in [-0.2, 0) is 20.2 Å². The smallest absolute Gasteiger partial charge is 0.212 e. The third-order valence-corrected chi connectivity index (χ3v) is 3.14. The normalized spacial score (nSPS) is 12.8. The maximum absolute atomic E-state index is 10.9. The maximum atomic E-state index is 10.9. The van der Waals surface area contributed by atoms with Crippen molar-refractivity contribution in [3.8, 4) is 0 Å². The zero-order valence-corrected chi connectivity index (χ0v) is 10.7. The third-order valence-electron chi connectivity index (χ3n) is 2.13. The summed E-state index contributed by atoms with van der Waals surface area (Å²) >= 11 is 0. The first-order chi connectivity index (χ1) is 6.68. The van der Waals surface area contributed by atoms with Gasteiger partial charge in [-0.2, -0.15) is 0 Å². The van der Waals surface area contributed by atoms with Crippen molar-refractivity contribution in [2.75, 3.05) is 0 Å². The predicted octanol–water partition coefficient (Wildman–Crippen LogP) is 3.05. The first kappa shape index (κ1) is 12.5. The molecule has 84 valence electrons. The summed E-state index contributed by atoms with van der Waals surface area (Å²) in [5.41, 5.74) is 1.87. The van der Waals surface area contributed by atoms with Crippen molar-refractivity contribution >= 4 is 19.7 Å². The fraction of sp³-hybridized carbons (Fsp3) is 0.455. The van der Waals surface area contributed by atoms with Crippen LogP contribution in [0, 0.1) is 0 Å². The van der Waals surface area contributed by atoms with Gasteiger partial charge < -0.3 is 0 Å². The zero-order valence-electron chi connectivity index (χ0n) is 9.12. The molecule has 15 heavy (non-hydrogen) atoms. The Kier molecular flexibility index (Phi) is 3.46. The molecular formula is C11H15ClO2S. The molecule has 0 amide bonds. The van der Waals surface area contributed by atoms with E-state index in [1.807, 2.05) is 18.2 Å². The molecule has 4 heteroatoms. The molecule has 1 aromatic carbocycles. The first-order valence-electron chi connectivity index (χ1n) is 4.70. The highest BCUT2D eigenvalue weighted by Crippen LogP contribution is 2.23. The van der Waals surface area contributed by atoms with Crippen LogP contribution in [0.15, 0.2) is 24.3 Å². The number of hydrogen-bond acceptors (Lipinski definition) is 2. The molecule has 0 atom stereocenters. The lowest BCUT2D eigenvalue weighted by Crippen LogP contribution is -2.11. The summed E-state index contributed by atoms with van der Waals surface area (Å²) in [4.78, 5) is 0. The molecule has 0 aromatic heterocycles. The lowest BCUT2D eigenvalue weighted by molar-refractivity contribution is 0.589. The summed E-state index contributed by atoms with van der Waals surface area (Å²) in [6.45, 7) is 6.25. The van der Waals surface area contributed by atoms with Crippen molar-refractivity contribution in [1.29, 1.82) is 0 Å². The van der Waals surface area contributed by atoms with Crippen molar-refractivity contribution in [3.63, 3.8) is 0 Å². The molecule has 0 bridgehead atoms. The molecule has 2 nitrogen and oxygen atoms in total. The van der Waals surface area contributed by atoms with Crippen molar-refractivity contribution < 1.29 is 8.42 Å². The van der Waals surface area contributed by atoms with E-state index < -0.39 is 9.05 Å². The van der Waals surface area contributed by atoms with E-state index in [-0.39, 0.29) is 11.2 Å². The van der Waals surface area contributed by atoms with E-state index in [9.17, 15) is 8.42 Å². The Morgan fingerprint density at radius 2 is 1.87 bits per heavy atom. The Labute approximate surface area is 95.7 Å². The summed E-state index contributed by atoms with van der Waals surface area (Å²) in [6.07, 6.45) is 0. The average molecular weight is 247 g/mol. The quantitative estimate of drug-likeness (QED) is 0.752. The second kappa shape index (κ2) is 4.14. The Morgan fingerprint density at radius 1 is 1.27 bits per heavy atom. The number of hydrogen-bond donors (Lipinski definition) is 0. The van der Waals surface area contributed by atoms with E-state index in [0.29, 0.717) is 0 Å². The van der Waals surface area contributed by atoms with Crippen LogP contribution in [0.25, 0.3) is 0 Å². The fourth-order valence-electron chi connectivity index (χ4n) is 1.33. The molecule has 0 radical (unpaired) electrons. The maximum Gasteiger partial charge on any atom is 0.236 e. The largest absolute Gasteiger partial charge is 0.236 e. The van der Waals surface area contributed by atoms with Crippen molar-refractivity contribution in [1.82, 2.24) is 0 Å². The second-order valence-electron chi connectivity index (χ2n) is 4.63. The standard InChI is InChI=1S/C11H15ClO2S/c1-11(2,3)10-6-4-5-9(7-10)8-15(12,13)14/h4-7H,8H2,1-3H3. The summed E-state index contributed by atoms with van der Waals surface area (Å²) in [5.74, 6) is -0.113. The van der Waals surface area contributed by atoms with Gasteiger partial charge in [0.1, 0.15) is 0 Å². The highest BCUT2D eigenvalue weighted by Gasteiger charge is 2.15. The average Bonchev–Trinajstić information content (AvgIpc) is 1.99. The Bertz CT molecular complexity index is 444. The van der Waals surface area contributed by atoms with Gasteiger partial charge in [-0.05, 0) is 16.5 Å². The summed E-state index contributed by atoms with van der Waals surface area (Å²) in [7, 11) is 1.74. The molecule has 0 aliphatic carbocycles. The van der Waals surface area contributed by atoms with E-state index in [1.165, 1.54) is 0 Å². The minimum absolute atomic E-state index is 0.0199. The molecular weight excluding hydrogens is 232 g/mol. The van der Waals surface area contributed by atoms with Gasteiger partial charge in [0, 0.05) is 10.7 Å². The highest BCUT2D eigenvalue weighted by molar-refractivity contribution is 8.13. The molecule has 0 fully saturated rings. The second-order valence-corrected chi connectivity index (χ2v) is 7.41. The third kappa shape index (κ3) is 4.22. The minimum atomic E-state index is -3.47. The molecule has 0 N–H and O–H groups in total. The van der Waals surface area contributed by atoms with Crippen molar-refractivity contribution in [2.24, 2.45) is 0 Å². The monoisotopic (exact) mass is 246 g/mol. The zero-order chi connectivity index (χ0) is 11.7. The van der Waals surface area contributed by atoms with Gasteiger partial charge in [0.15, 0.2) is 0 Å². The van der Waals surface area contributed by atoms with Gasteiger partial charge in [0.05, 0.1) is 5.75 Å². The summed E-state index contributed by atoms with van der Waals surface area (Å²) < 4.78 is 21.9. The Hall–Kier alpha value is -0.540. The van der Waals surface area contributed by atoms with Crippen molar-refractivity contribution in [3.05, 3.63) is 35.4 Å². The van der Waals surface area contributed by atoms with Gasteiger partial charge in [-0.1, -0.05) is 45.0 Å². The molecule has 0 saturated heterocycles. The van der Waals surface area contributed by atoms with Crippen LogP contribution in [0.4, 0.5) is 0 Å². The van der Waals surface area contributed by atoms with Crippen LogP contribution in [0.2, 0.25) is 0 Å². The van der Waals surface area contributed by atoms with Crippen LogP contribution in [0.5, 0.6) is 0 Å². The van der Waals surface area contributed by atoms with Gasteiger partial charge in [0.2, 0.25) is 9.05 Å². The van der Waals surface area contributed by atoms with Gasteiger partial charge in [-0.3, -0.25) is 0 Å². The van der Waals surface area contributed by atoms with Crippen LogP contribution in [-0.4, -0.2) is 8.42 Å². The highest BCUT2D eigenvalue weighted by atomic mass is 35.7. The number of halogens is 1. The predicted molar refractivity (Wildman–Crippen MR) is 63.6 cm³/mol. The van der Waals surface area contributed by atoms with Gasteiger partial charge in [-0.15, -0.1) is 0 Å². The van der Waals surface area contributed by atoms with Gasteiger partial charge >= 0.3 is 0 Å². The first-order valence-corrected chi connectivity index (χ1v) is 7.18. The molecule has 0 heterocycles. The number of benzene rings is 1. The Balaban J connectivity index is 3.04. The minimum Gasteiger partial charge on any atom is -0.212 e. The molecule has 0 unspecified atom stereocenters. The van der Waals surface area contributed by atoms with Crippen molar-refractivity contribution in [2.45, 2.75) is 31.9 Å². The Morgan fingerprint density at radius 3 is 2.33 bits per heavy atom. The molecule has 0 saturated carbocycles. The van der Waals surface area contributed by atoms with Crippen LogP contribution in [0.1, 0.15) is 31.9 Å². The van der Waals surface area contributed by atoms with Crippen LogP contribution in [0.3, 0.4) is 0 Å². The van der Waals surface area contributed by atoms with E-state index in [4.69, 9.17) is 10.7 Å². The lowest BCUT2D eigenvalue weighted by atomic mass is 9.86. The summed E-state index contributed by atoms with van der Waals surface area (Å²) in [6, 6.07) is 7.51. The van der Waals surface area contributed by atoms with E-state index >= 15 is 0 Å². The van der Waals surface area contributed by atoms with Crippen LogP contribution >= 0.6 is 10.7 Å². The van der Waals surface area contributed by atoms with Gasteiger partial charge in [0.25, 0.3) is 0 Å².